The van der Waals surface area contributed by atoms with E-state index in [-0.39, 0.29) is 12.5 Å². The molecule has 1 aliphatic carbocycles. The average Bonchev–Trinajstić information content (AvgIpc) is 3.24. The number of aliphatic carboxylic acids is 1. The second kappa shape index (κ2) is 5.01. The van der Waals surface area contributed by atoms with E-state index in [1.54, 1.807) is 31.2 Å². The molecule has 1 atom stereocenters. The molecule has 116 valence electrons. The van der Waals surface area contributed by atoms with Gasteiger partial charge in [-0.15, -0.1) is 0 Å². The summed E-state index contributed by atoms with van der Waals surface area (Å²) in [6.45, 7) is 1.39. The zero-order valence-electron chi connectivity index (χ0n) is 12.0. The summed E-state index contributed by atoms with van der Waals surface area (Å²) < 4.78 is 5.49. The minimum absolute atomic E-state index is 0.224. The van der Waals surface area contributed by atoms with Crippen molar-refractivity contribution in [2.75, 3.05) is 11.4 Å². The van der Waals surface area contributed by atoms with Gasteiger partial charge in [0.1, 0.15) is 17.8 Å². The number of ether oxygens (including phenoxy) is 1. The van der Waals surface area contributed by atoms with Crippen LogP contribution in [-0.4, -0.2) is 41.1 Å². The van der Waals surface area contributed by atoms with Crippen LogP contribution in [0.2, 0.25) is 0 Å². The Labute approximate surface area is 126 Å². The lowest BCUT2D eigenvalue weighted by molar-refractivity contribution is -0.143. The van der Waals surface area contributed by atoms with Crippen LogP contribution < -0.4 is 15.0 Å². The van der Waals surface area contributed by atoms with Crippen molar-refractivity contribution < 1.29 is 24.2 Å². The molecule has 1 aromatic carbocycles. The zero-order chi connectivity index (χ0) is 15.9. The Balaban J connectivity index is 1.78. The summed E-state index contributed by atoms with van der Waals surface area (Å²) in [7, 11) is 0. The number of fused-ring (bicyclic) bond motifs is 1. The van der Waals surface area contributed by atoms with E-state index in [4.69, 9.17) is 9.84 Å². The predicted octanol–water partition coefficient (Wildman–Crippen LogP) is 0.534. The second-order valence-electron chi connectivity index (χ2n) is 5.59. The van der Waals surface area contributed by atoms with E-state index in [1.807, 2.05) is 0 Å². The van der Waals surface area contributed by atoms with Crippen molar-refractivity contribution in [3.05, 3.63) is 24.3 Å². The average molecular weight is 304 g/mol. The largest absolute Gasteiger partial charge is 0.480 e. The van der Waals surface area contributed by atoms with Crippen LogP contribution in [0.25, 0.3) is 0 Å². The number of carboxylic acid groups (broad SMARTS) is 1. The fourth-order valence-corrected chi connectivity index (χ4v) is 2.49. The first kappa shape index (κ1) is 14.4. The van der Waals surface area contributed by atoms with Crippen molar-refractivity contribution in [2.45, 2.75) is 31.4 Å². The lowest BCUT2D eigenvalue weighted by Crippen LogP contribution is -2.52. The summed E-state index contributed by atoms with van der Waals surface area (Å²) in [5.41, 5.74) is -0.640. The van der Waals surface area contributed by atoms with Gasteiger partial charge in [0.05, 0.1) is 5.69 Å². The highest BCUT2D eigenvalue weighted by molar-refractivity contribution is 6.04. The Morgan fingerprint density at radius 2 is 2.09 bits per heavy atom. The number of rotatable bonds is 4. The summed E-state index contributed by atoms with van der Waals surface area (Å²) in [5.74, 6) is -1.32. The van der Waals surface area contributed by atoms with Crippen molar-refractivity contribution in [1.29, 1.82) is 0 Å². The summed E-state index contributed by atoms with van der Waals surface area (Å²) in [4.78, 5) is 36.8. The first-order valence-corrected chi connectivity index (χ1v) is 7.04. The van der Waals surface area contributed by atoms with E-state index in [9.17, 15) is 14.4 Å². The number of anilines is 1. The molecule has 2 amide bonds. The molecule has 1 fully saturated rings. The molecule has 0 aromatic heterocycles. The van der Waals surface area contributed by atoms with Crippen LogP contribution in [0, 0.1) is 0 Å². The highest BCUT2D eigenvalue weighted by Gasteiger charge is 2.51. The molecule has 1 heterocycles. The quantitative estimate of drug-likeness (QED) is 0.846. The molecule has 2 N–H and O–H groups in total. The third-order valence-electron chi connectivity index (χ3n) is 3.91. The second-order valence-corrected chi connectivity index (χ2v) is 5.59. The standard InChI is InChI=1S/C15H16N2O5/c1-9-13(19)17(10-4-2-3-5-11(10)22-9)8-12(18)16-15(6-7-15)14(20)21/h2-5,9H,6-8H2,1H3,(H,16,18)(H,20,21). The monoisotopic (exact) mass is 304 g/mol. The van der Waals surface area contributed by atoms with Crippen LogP contribution in [0.3, 0.4) is 0 Å². The van der Waals surface area contributed by atoms with Crippen molar-refractivity contribution in [3.63, 3.8) is 0 Å². The van der Waals surface area contributed by atoms with Crippen LogP contribution in [0.4, 0.5) is 5.69 Å². The molecule has 1 aliphatic heterocycles. The molecular weight excluding hydrogens is 288 g/mol. The molecule has 1 unspecified atom stereocenters. The molecule has 3 rings (SSSR count). The maximum Gasteiger partial charge on any atom is 0.329 e. The number of hydrogen-bond acceptors (Lipinski definition) is 4. The van der Waals surface area contributed by atoms with Crippen LogP contribution in [0.5, 0.6) is 5.75 Å². The van der Waals surface area contributed by atoms with Gasteiger partial charge in [0, 0.05) is 0 Å². The number of nitrogens with zero attached hydrogens (tertiary/aromatic N) is 1. The molecule has 7 nitrogen and oxygen atoms in total. The summed E-state index contributed by atoms with van der Waals surface area (Å²) in [6, 6.07) is 6.94. The molecular formula is C15H16N2O5. The maximum absolute atomic E-state index is 12.2. The Morgan fingerprint density at radius 3 is 2.73 bits per heavy atom. The van der Waals surface area contributed by atoms with Crippen LogP contribution in [0.1, 0.15) is 19.8 Å². The molecule has 7 heteroatoms. The first-order chi connectivity index (χ1) is 10.4. The Hall–Kier alpha value is -2.57. The molecule has 2 aliphatic rings. The van der Waals surface area contributed by atoms with E-state index in [2.05, 4.69) is 5.32 Å². The Bertz CT molecular complexity index is 653. The normalized spacial score (nSPS) is 21.6. The number of amides is 2. The lowest BCUT2D eigenvalue weighted by atomic mass is 10.2. The maximum atomic E-state index is 12.2. The summed E-state index contributed by atoms with van der Waals surface area (Å²) in [6.07, 6.45) is 0.146. The van der Waals surface area contributed by atoms with Gasteiger partial charge in [0.15, 0.2) is 6.10 Å². The Morgan fingerprint density at radius 1 is 1.41 bits per heavy atom. The van der Waals surface area contributed by atoms with Gasteiger partial charge in [0.2, 0.25) is 5.91 Å². The van der Waals surface area contributed by atoms with Gasteiger partial charge < -0.3 is 15.2 Å². The molecule has 1 aromatic rings. The van der Waals surface area contributed by atoms with E-state index < -0.39 is 23.5 Å². The topological polar surface area (TPSA) is 95.9 Å². The lowest BCUT2D eigenvalue weighted by Gasteiger charge is -2.32. The SMILES string of the molecule is CC1Oc2ccccc2N(CC(=O)NC2(C(=O)O)CC2)C1=O. The number of carboxylic acids is 1. The zero-order valence-corrected chi connectivity index (χ0v) is 12.0. The van der Waals surface area contributed by atoms with Gasteiger partial charge in [0.25, 0.3) is 5.91 Å². The molecule has 0 bridgehead atoms. The predicted molar refractivity (Wildman–Crippen MR) is 76.6 cm³/mol. The van der Waals surface area contributed by atoms with Gasteiger partial charge in [-0.25, -0.2) is 4.79 Å². The summed E-state index contributed by atoms with van der Waals surface area (Å²) >= 11 is 0. The molecule has 1 saturated carbocycles. The fourth-order valence-electron chi connectivity index (χ4n) is 2.49. The van der Waals surface area contributed by atoms with Crippen molar-refractivity contribution in [3.8, 4) is 5.75 Å². The number of carbonyl (C=O) groups is 3. The molecule has 0 radical (unpaired) electrons. The number of benzene rings is 1. The van der Waals surface area contributed by atoms with Gasteiger partial charge in [-0.3, -0.25) is 14.5 Å². The third-order valence-corrected chi connectivity index (χ3v) is 3.91. The van der Waals surface area contributed by atoms with E-state index >= 15 is 0 Å². The Kier molecular flexibility index (Phi) is 3.27. The highest BCUT2D eigenvalue weighted by atomic mass is 16.5. The highest BCUT2D eigenvalue weighted by Crippen LogP contribution is 2.36. The number of para-hydroxylation sites is 2. The fraction of sp³-hybridized carbons (Fsp3) is 0.400. The van der Waals surface area contributed by atoms with Gasteiger partial charge in [-0.1, -0.05) is 12.1 Å². The van der Waals surface area contributed by atoms with E-state index in [1.165, 1.54) is 4.90 Å². The van der Waals surface area contributed by atoms with Gasteiger partial charge >= 0.3 is 5.97 Å². The van der Waals surface area contributed by atoms with E-state index in [0.29, 0.717) is 24.3 Å². The van der Waals surface area contributed by atoms with Crippen molar-refractivity contribution in [2.24, 2.45) is 0 Å². The number of carbonyl (C=O) groups excluding carboxylic acids is 2. The molecule has 0 saturated heterocycles. The van der Waals surface area contributed by atoms with Crippen LogP contribution in [-0.2, 0) is 14.4 Å². The minimum Gasteiger partial charge on any atom is -0.480 e. The molecule has 22 heavy (non-hydrogen) atoms. The van der Waals surface area contributed by atoms with Gasteiger partial charge in [-0.2, -0.15) is 0 Å². The number of hydrogen-bond donors (Lipinski definition) is 2. The minimum atomic E-state index is -1.16. The summed E-state index contributed by atoms with van der Waals surface area (Å²) in [5, 5.41) is 11.6. The van der Waals surface area contributed by atoms with E-state index in [0.717, 1.165) is 0 Å². The van der Waals surface area contributed by atoms with Crippen LogP contribution >= 0.6 is 0 Å². The van der Waals surface area contributed by atoms with Crippen LogP contribution in [0.15, 0.2) is 24.3 Å². The number of nitrogens with one attached hydrogen (secondary N) is 1. The van der Waals surface area contributed by atoms with Gasteiger partial charge in [-0.05, 0) is 31.9 Å². The van der Waals surface area contributed by atoms with Crippen molar-refractivity contribution >= 4 is 23.5 Å². The first-order valence-electron chi connectivity index (χ1n) is 7.04. The molecule has 0 spiro atoms. The smallest absolute Gasteiger partial charge is 0.329 e. The van der Waals surface area contributed by atoms with Crippen molar-refractivity contribution in [1.82, 2.24) is 5.32 Å². The third kappa shape index (κ3) is 2.38.